The Morgan fingerprint density at radius 1 is 1.00 bits per heavy atom. The Labute approximate surface area is 134 Å². The number of hydrogen-bond acceptors (Lipinski definition) is 2. The minimum Gasteiger partial charge on any atom is -0.314 e. The molecule has 0 saturated carbocycles. The Balaban J connectivity index is 1.97. The fourth-order valence-electron chi connectivity index (χ4n) is 3.33. The number of piperazine rings is 1. The monoisotopic (exact) mass is 294 g/mol. The van der Waals surface area contributed by atoms with Gasteiger partial charge in [-0.15, -0.1) is 0 Å². The molecular formula is C20H26N2. The van der Waals surface area contributed by atoms with Crippen LogP contribution in [0.15, 0.2) is 48.5 Å². The molecule has 1 aliphatic heterocycles. The molecule has 116 valence electrons. The summed E-state index contributed by atoms with van der Waals surface area (Å²) >= 11 is 0. The van der Waals surface area contributed by atoms with Gasteiger partial charge in [0.1, 0.15) is 0 Å². The molecule has 2 heteroatoms. The number of rotatable bonds is 4. The van der Waals surface area contributed by atoms with Gasteiger partial charge in [0.05, 0.1) is 6.04 Å². The molecule has 0 radical (unpaired) electrons. The molecule has 0 amide bonds. The van der Waals surface area contributed by atoms with Gasteiger partial charge >= 0.3 is 0 Å². The van der Waals surface area contributed by atoms with E-state index in [-0.39, 0.29) is 0 Å². The highest BCUT2D eigenvalue weighted by Crippen LogP contribution is 2.29. The van der Waals surface area contributed by atoms with Crippen LogP contribution in [0, 0.1) is 6.92 Å². The zero-order chi connectivity index (χ0) is 15.4. The van der Waals surface area contributed by atoms with Gasteiger partial charge in [-0.1, -0.05) is 61.0 Å². The minimum atomic E-state index is 0.368. The van der Waals surface area contributed by atoms with Crippen molar-refractivity contribution in [3.05, 3.63) is 70.8 Å². The number of nitrogens with one attached hydrogen (secondary N) is 1. The maximum atomic E-state index is 3.46. The Kier molecular flexibility index (Phi) is 4.91. The summed E-state index contributed by atoms with van der Waals surface area (Å²) in [5.41, 5.74) is 5.56. The smallest absolute Gasteiger partial charge is 0.0602 e. The van der Waals surface area contributed by atoms with Crippen LogP contribution in [-0.4, -0.2) is 31.1 Å². The van der Waals surface area contributed by atoms with Crippen molar-refractivity contribution in [2.45, 2.75) is 26.3 Å². The molecule has 1 aliphatic rings. The highest BCUT2D eigenvalue weighted by atomic mass is 15.2. The van der Waals surface area contributed by atoms with E-state index in [4.69, 9.17) is 0 Å². The summed E-state index contributed by atoms with van der Waals surface area (Å²) < 4.78 is 0. The molecule has 1 saturated heterocycles. The van der Waals surface area contributed by atoms with E-state index in [0.29, 0.717) is 6.04 Å². The van der Waals surface area contributed by atoms with Crippen LogP contribution in [0.1, 0.15) is 35.2 Å². The topological polar surface area (TPSA) is 15.3 Å². The maximum absolute atomic E-state index is 3.46. The molecule has 1 atom stereocenters. The van der Waals surface area contributed by atoms with Gasteiger partial charge in [0, 0.05) is 26.2 Å². The molecule has 2 aromatic rings. The van der Waals surface area contributed by atoms with E-state index < -0.39 is 0 Å². The molecule has 2 nitrogen and oxygen atoms in total. The molecule has 0 aliphatic carbocycles. The maximum Gasteiger partial charge on any atom is 0.0602 e. The van der Waals surface area contributed by atoms with Crippen LogP contribution in [0.5, 0.6) is 0 Å². The number of aryl methyl sites for hydroxylation is 2. The lowest BCUT2D eigenvalue weighted by molar-refractivity contribution is 0.198. The first-order chi connectivity index (χ1) is 10.8. The van der Waals surface area contributed by atoms with Crippen LogP contribution in [0.3, 0.4) is 0 Å². The van der Waals surface area contributed by atoms with Gasteiger partial charge in [-0.05, 0) is 30.0 Å². The van der Waals surface area contributed by atoms with Crippen LogP contribution in [0.4, 0.5) is 0 Å². The number of hydrogen-bond donors (Lipinski definition) is 1. The summed E-state index contributed by atoms with van der Waals surface area (Å²) in [5, 5.41) is 3.46. The summed E-state index contributed by atoms with van der Waals surface area (Å²) in [6, 6.07) is 18.5. The average Bonchev–Trinajstić information content (AvgIpc) is 2.57. The number of benzene rings is 2. The average molecular weight is 294 g/mol. The van der Waals surface area contributed by atoms with E-state index >= 15 is 0 Å². The second-order valence-electron chi connectivity index (χ2n) is 6.20. The van der Waals surface area contributed by atoms with E-state index in [0.717, 1.165) is 32.6 Å². The quantitative estimate of drug-likeness (QED) is 0.927. The van der Waals surface area contributed by atoms with E-state index in [1.54, 1.807) is 0 Å². The summed E-state index contributed by atoms with van der Waals surface area (Å²) in [4.78, 5) is 2.60. The highest BCUT2D eigenvalue weighted by Gasteiger charge is 2.23. The van der Waals surface area contributed by atoms with Crippen LogP contribution in [0.25, 0.3) is 0 Å². The minimum absolute atomic E-state index is 0.368. The Morgan fingerprint density at radius 2 is 1.73 bits per heavy atom. The van der Waals surface area contributed by atoms with E-state index in [9.17, 15) is 0 Å². The first kappa shape index (κ1) is 15.3. The first-order valence-electron chi connectivity index (χ1n) is 8.38. The van der Waals surface area contributed by atoms with Crippen molar-refractivity contribution in [1.82, 2.24) is 10.2 Å². The van der Waals surface area contributed by atoms with Crippen LogP contribution in [0.2, 0.25) is 0 Å². The second-order valence-corrected chi connectivity index (χ2v) is 6.20. The van der Waals surface area contributed by atoms with E-state index in [1.807, 2.05) is 0 Å². The van der Waals surface area contributed by atoms with Gasteiger partial charge in [0.15, 0.2) is 0 Å². The van der Waals surface area contributed by atoms with Gasteiger partial charge < -0.3 is 5.32 Å². The zero-order valence-corrected chi connectivity index (χ0v) is 13.7. The molecular weight excluding hydrogens is 268 g/mol. The molecule has 0 bridgehead atoms. The molecule has 1 heterocycles. The molecule has 0 spiro atoms. The van der Waals surface area contributed by atoms with Gasteiger partial charge in [-0.25, -0.2) is 0 Å². The molecule has 22 heavy (non-hydrogen) atoms. The van der Waals surface area contributed by atoms with Crippen LogP contribution in [-0.2, 0) is 6.42 Å². The molecule has 1 fully saturated rings. The van der Waals surface area contributed by atoms with Gasteiger partial charge in [0.2, 0.25) is 0 Å². The van der Waals surface area contributed by atoms with E-state index in [1.165, 1.54) is 22.3 Å². The lowest BCUT2D eigenvalue weighted by Gasteiger charge is -2.35. The lowest BCUT2D eigenvalue weighted by atomic mass is 9.94. The Morgan fingerprint density at radius 3 is 2.36 bits per heavy atom. The van der Waals surface area contributed by atoms with Crippen molar-refractivity contribution in [1.29, 1.82) is 0 Å². The third kappa shape index (κ3) is 3.40. The standard InChI is InChI=1S/C20H26N2/c1-3-17-7-9-18(10-8-17)20(22-13-11-21-12-14-22)19-6-4-5-16(2)15-19/h4-10,15,20-21H,3,11-14H2,1-2H3. The van der Waals surface area contributed by atoms with E-state index in [2.05, 4.69) is 72.6 Å². The molecule has 1 unspecified atom stereocenters. The normalized spacial score (nSPS) is 17.4. The fourth-order valence-corrected chi connectivity index (χ4v) is 3.33. The summed E-state index contributed by atoms with van der Waals surface area (Å²) in [5.74, 6) is 0. The molecule has 2 aromatic carbocycles. The SMILES string of the molecule is CCc1ccc(C(c2cccc(C)c2)N2CCNCC2)cc1. The van der Waals surface area contributed by atoms with Crippen molar-refractivity contribution >= 4 is 0 Å². The van der Waals surface area contributed by atoms with Crippen molar-refractivity contribution < 1.29 is 0 Å². The molecule has 3 rings (SSSR count). The van der Waals surface area contributed by atoms with Crippen LogP contribution < -0.4 is 5.32 Å². The highest BCUT2D eigenvalue weighted by molar-refractivity contribution is 5.35. The Bertz CT molecular complexity index is 597. The molecule has 1 N–H and O–H groups in total. The van der Waals surface area contributed by atoms with Crippen molar-refractivity contribution in [3.63, 3.8) is 0 Å². The predicted octanol–water partition coefficient (Wildman–Crippen LogP) is 3.55. The summed E-state index contributed by atoms with van der Waals surface area (Å²) in [6.45, 7) is 8.76. The third-order valence-corrected chi connectivity index (χ3v) is 4.58. The van der Waals surface area contributed by atoms with Crippen molar-refractivity contribution in [2.24, 2.45) is 0 Å². The van der Waals surface area contributed by atoms with Gasteiger partial charge in [0.25, 0.3) is 0 Å². The zero-order valence-electron chi connectivity index (χ0n) is 13.7. The van der Waals surface area contributed by atoms with Gasteiger partial charge in [-0.3, -0.25) is 4.90 Å². The van der Waals surface area contributed by atoms with Gasteiger partial charge in [-0.2, -0.15) is 0 Å². The third-order valence-electron chi connectivity index (χ3n) is 4.58. The fraction of sp³-hybridized carbons (Fsp3) is 0.400. The predicted molar refractivity (Wildman–Crippen MR) is 93.3 cm³/mol. The van der Waals surface area contributed by atoms with Crippen molar-refractivity contribution in [2.75, 3.05) is 26.2 Å². The summed E-state index contributed by atoms with van der Waals surface area (Å²) in [6.07, 6.45) is 1.10. The second kappa shape index (κ2) is 7.08. The first-order valence-corrected chi connectivity index (χ1v) is 8.38. The van der Waals surface area contributed by atoms with Crippen LogP contribution >= 0.6 is 0 Å². The van der Waals surface area contributed by atoms with Crippen molar-refractivity contribution in [3.8, 4) is 0 Å². The Hall–Kier alpha value is -1.64. The number of nitrogens with zero attached hydrogens (tertiary/aromatic N) is 1. The molecule has 0 aromatic heterocycles. The largest absolute Gasteiger partial charge is 0.314 e. The lowest BCUT2D eigenvalue weighted by Crippen LogP contribution is -2.45. The summed E-state index contributed by atoms with van der Waals surface area (Å²) in [7, 11) is 0.